The molecule has 0 unspecified atom stereocenters. The average Bonchev–Trinajstić information content (AvgIpc) is 2.87. The van der Waals surface area contributed by atoms with Gasteiger partial charge in [0.1, 0.15) is 0 Å². The summed E-state index contributed by atoms with van der Waals surface area (Å²) >= 11 is 1.70. The van der Waals surface area contributed by atoms with Crippen molar-refractivity contribution in [3.8, 4) is 0 Å². The van der Waals surface area contributed by atoms with E-state index in [4.69, 9.17) is 0 Å². The summed E-state index contributed by atoms with van der Waals surface area (Å²) in [5, 5.41) is 5.29. The maximum absolute atomic E-state index is 11.7. The van der Waals surface area contributed by atoms with Crippen molar-refractivity contribution < 1.29 is 8.42 Å². The van der Waals surface area contributed by atoms with E-state index in [0.29, 0.717) is 26.2 Å². The Morgan fingerprint density at radius 2 is 2.29 bits per heavy atom. The van der Waals surface area contributed by atoms with Crippen molar-refractivity contribution in [1.29, 1.82) is 0 Å². The zero-order chi connectivity index (χ0) is 12.3. The molecule has 1 saturated heterocycles. The third-order valence-electron chi connectivity index (χ3n) is 2.80. The molecule has 17 heavy (non-hydrogen) atoms. The lowest BCUT2D eigenvalue weighted by Crippen LogP contribution is -2.35. The number of nitrogens with one attached hydrogen (secondary N) is 1. The van der Waals surface area contributed by atoms with E-state index in [2.05, 4.69) is 11.4 Å². The van der Waals surface area contributed by atoms with Gasteiger partial charge in [-0.05, 0) is 11.4 Å². The Balaban J connectivity index is 1.73. The molecule has 5 nitrogen and oxygen atoms in total. The molecule has 1 N–H and O–H groups in total. The fourth-order valence-corrected chi connectivity index (χ4v) is 3.75. The van der Waals surface area contributed by atoms with Crippen LogP contribution in [0.5, 0.6) is 0 Å². The molecule has 0 atom stereocenters. The third-order valence-corrected chi connectivity index (χ3v) is 5.67. The summed E-state index contributed by atoms with van der Waals surface area (Å²) in [4.78, 5) is 1.27. The van der Waals surface area contributed by atoms with Crippen LogP contribution in [0.4, 0.5) is 0 Å². The summed E-state index contributed by atoms with van der Waals surface area (Å²) in [5.41, 5.74) is 0. The highest BCUT2D eigenvalue weighted by atomic mass is 32.2. The average molecular weight is 275 g/mol. The second kappa shape index (κ2) is 5.45. The molecule has 1 aromatic heterocycles. The van der Waals surface area contributed by atoms with Crippen molar-refractivity contribution in [3.63, 3.8) is 0 Å². The van der Waals surface area contributed by atoms with Gasteiger partial charge in [0, 0.05) is 44.6 Å². The van der Waals surface area contributed by atoms with Crippen LogP contribution in [0.3, 0.4) is 0 Å². The Kier molecular flexibility index (Phi) is 4.16. The first-order valence-corrected chi connectivity index (χ1v) is 7.83. The van der Waals surface area contributed by atoms with Gasteiger partial charge in [-0.2, -0.15) is 17.0 Å². The largest absolute Gasteiger partial charge is 0.311 e. The fourth-order valence-electron chi connectivity index (χ4n) is 1.74. The molecule has 1 aromatic rings. The molecular weight excluding hydrogens is 258 g/mol. The number of thiophene rings is 1. The molecular formula is C10H17N3O2S2. The molecule has 7 heteroatoms. The standard InChI is InChI=1S/C10H17N3O2S2/c1-12-6-7-13(17(12,14)15)5-4-11-9-10-3-2-8-16-10/h2-3,8,11H,4-7,9H2,1H3. The molecule has 2 heterocycles. The molecule has 0 saturated carbocycles. The highest BCUT2D eigenvalue weighted by molar-refractivity contribution is 7.87. The van der Waals surface area contributed by atoms with E-state index < -0.39 is 10.2 Å². The molecule has 2 rings (SSSR count). The molecule has 1 aliphatic rings. The summed E-state index contributed by atoms with van der Waals surface area (Å²) in [5.74, 6) is 0. The number of likely N-dealkylation sites (N-methyl/N-ethyl adjacent to an activating group) is 1. The Hall–Kier alpha value is -0.470. The van der Waals surface area contributed by atoms with Gasteiger partial charge in [-0.15, -0.1) is 11.3 Å². The van der Waals surface area contributed by atoms with E-state index in [1.165, 1.54) is 13.5 Å². The van der Waals surface area contributed by atoms with E-state index >= 15 is 0 Å². The molecule has 0 aliphatic carbocycles. The second-order valence-corrected chi connectivity index (χ2v) is 7.05. The molecule has 1 aliphatic heterocycles. The van der Waals surface area contributed by atoms with Crippen molar-refractivity contribution in [2.45, 2.75) is 6.54 Å². The van der Waals surface area contributed by atoms with E-state index in [1.54, 1.807) is 18.4 Å². The van der Waals surface area contributed by atoms with Crippen LogP contribution in [0.1, 0.15) is 4.88 Å². The van der Waals surface area contributed by atoms with Crippen molar-refractivity contribution >= 4 is 21.5 Å². The van der Waals surface area contributed by atoms with E-state index in [1.807, 2.05) is 11.4 Å². The van der Waals surface area contributed by atoms with Crippen LogP contribution < -0.4 is 5.32 Å². The van der Waals surface area contributed by atoms with Gasteiger partial charge in [0.2, 0.25) is 0 Å². The van der Waals surface area contributed by atoms with E-state index in [-0.39, 0.29) is 0 Å². The van der Waals surface area contributed by atoms with Crippen molar-refractivity contribution in [2.75, 3.05) is 33.2 Å². The molecule has 0 radical (unpaired) electrons. The van der Waals surface area contributed by atoms with Crippen molar-refractivity contribution in [2.24, 2.45) is 0 Å². The minimum absolute atomic E-state index is 0.540. The number of hydrogen-bond donors (Lipinski definition) is 1. The summed E-state index contributed by atoms with van der Waals surface area (Å²) < 4.78 is 26.4. The van der Waals surface area contributed by atoms with Crippen LogP contribution in [0.25, 0.3) is 0 Å². The van der Waals surface area contributed by atoms with Crippen LogP contribution in [0.15, 0.2) is 17.5 Å². The van der Waals surface area contributed by atoms with Crippen LogP contribution in [-0.2, 0) is 16.8 Å². The van der Waals surface area contributed by atoms with Gasteiger partial charge in [0.25, 0.3) is 10.2 Å². The smallest absolute Gasteiger partial charge is 0.281 e. The first kappa shape index (κ1) is 13.0. The molecule has 1 fully saturated rings. The fraction of sp³-hybridized carbons (Fsp3) is 0.600. The lowest BCUT2D eigenvalue weighted by atomic mass is 10.4. The van der Waals surface area contributed by atoms with Gasteiger partial charge in [0.15, 0.2) is 0 Å². The van der Waals surface area contributed by atoms with Crippen LogP contribution in [0.2, 0.25) is 0 Å². The summed E-state index contributed by atoms with van der Waals surface area (Å²) in [6.45, 7) is 3.22. The number of hydrogen-bond acceptors (Lipinski definition) is 4. The molecule has 96 valence electrons. The highest BCUT2D eigenvalue weighted by Gasteiger charge is 2.32. The Bertz CT molecular complexity index is 444. The monoisotopic (exact) mass is 275 g/mol. The lowest BCUT2D eigenvalue weighted by molar-refractivity contribution is 0.439. The maximum atomic E-state index is 11.7. The van der Waals surface area contributed by atoms with Gasteiger partial charge in [0.05, 0.1) is 0 Å². The third kappa shape index (κ3) is 3.05. The summed E-state index contributed by atoms with van der Waals surface area (Å²) in [6.07, 6.45) is 0. The van der Waals surface area contributed by atoms with E-state index in [0.717, 1.165) is 6.54 Å². The van der Waals surface area contributed by atoms with Crippen LogP contribution in [-0.4, -0.2) is 50.3 Å². The highest BCUT2D eigenvalue weighted by Crippen LogP contribution is 2.12. The number of rotatable bonds is 5. The predicted molar refractivity (Wildman–Crippen MR) is 69.1 cm³/mol. The molecule has 0 spiro atoms. The number of nitrogens with zero attached hydrogens (tertiary/aromatic N) is 2. The topological polar surface area (TPSA) is 52.6 Å². The van der Waals surface area contributed by atoms with Gasteiger partial charge in [-0.1, -0.05) is 6.07 Å². The second-order valence-electron chi connectivity index (χ2n) is 3.98. The Morgan fingerprint density at radius 1 is 1.47 bits per heavy atom. The minimum atomic E-state index is -3.17. The zero-order valence-corrected chi connectivity index (χ0v) is 11.4. The quantitative estimate of drug-likeness (QED) is 0.788. The summed E-state index contributed by atoms with van der Waals surface area (Å²) in [6, 6.07) is 4.08. The van der Waals surface area contributed by atoms with Crippen molar-refractivity contribution in [3.05, 3.63) is 22.4 Å². The predicted octanol–water partition coefficient (Wildman–Crippen LogP) is 0.330. The zero-order valence-electron chi connectivity index (χ0n) is 9.80. The SMILES string of the molecule is CN1CCN(CCNCc2cccs2)S1(=O)=O. The minimum Gasteiger partial charge on any atom is -0.311 e. The van der Waals surface area contributed by atoms with Gasteiger partial charge >= 0.3 is 0 Å². The Labute approximate surface area is 106 Å². The summed E-state index contributed by atoms with van der Waals surface area (Å²) in [7, 11) is -1.55. The molecule has 0 amide bonds. The normalized spacial score (nSPS) is 21.0. The van der Waals surface area contributed by atoms with Crippen LogP contribution in [0, 0.1) is 0 Å². The molecule has 0 aromatic carbocycles. The first-order chi connectivity index (χ1) is 8.10. The Morgan fingerprint density at radius 3 is 2.88 bits per heavy atom. The van der Waals surface area contributed by atoms with Gasteiger partial charge < -0.3 is 5.32 Å². The maximum Gasteiger partial charge on any atom is 0.281 e. The van der Waals surface area contributed by atoms with Crippen LogP contribution >= 0.6 is 11.3 Å². The van der Waals surface area contributed by atoms with Gasteiger partial charge in [-0.3, -0.25) is 0 Å². The van der Waals surface area contributed by atoms with Crippen molar-refractivity contribution in [1.82, 2.24) is 13.9 Å². The lowest BCUT2D eigenvalue weighted by Gasteiger charge is -2.15. The van der Waals surface area contributed by atoms with E-state index in [9.17, 15) is 8.42 Å². The molecule has 0 bridgehead atoms. The first-order valence-electron chi connectivity index (χ1n) is 5.55. The van der Waals surface area contributed by atoms with Gasteiger partial charge in [-0.25, -0.2) is 0 Å².